The molecule has 5 rings (SSSR count). The summed E-state index contributed by atoms with van der Waals surface area (Å²) >= 11 is 0. The predicted molar refractivity (Wildman–Crippen MR) is 137 cm³/mol. The Morgan fingerprint density at radius 1 is 0.943 bits per heavy atom. The summed E-state index contributed by atoms with van der Waals surface area (Å²) in [5, 5.41) is 0.971. The third kappa shape index (κ3) is 4.09. The average molecular weight is 471 g/mol. The van der Waals surface area contributed by atoms with Crippen molar-refractivity contribution in [3.05, 3.63) is 89.1 Å². The molecule has 3 aromatic carbocycles. The third-order valence-corrected chi connectivity index (χ3v) is 6.95. The zero-order chi connectivity index (χ0) is 24.5. The highest BCUT2D eigenvalue weighted by atomic mass is 16.5. The maximum absolute atomic E-state index is 14.1. The number of carbonyl (C=O) groups excluding carboxylic acids is 1. The van der Waals surface area contributed by atoms with Crippen LogP contribution in [-0.4, -0.2) is 43.2 Å². The molecule has 1 atom stereocenters. The zero-order valence-corrected chi connectivity index (χ0v) is 20.6. The van der Waals surface area contributed by atoms with Gasteiger partial charge in [-0.2, -0.15) is 0 Å². The molecular weight excluding hydrogens is 440 g/mol. The Labute approximate surface area is 205 Å². The first kappa shape index (κ1) is 22.8. The van der Waals surface area contributed by atoms with Crippen molar-refractivity contribution in [3.63, 3.8) is 0 Å². The third-order valence-electron chi connectivity index (χ3n) is 6.95. The molecule has 0 bridgehead atoms. The van der Waals surface area contributed by atoms with Crippen molar-refractivity contribution in [2.75, 3.05) is 27.9 Å². The Bertz CT molecular complexity index is 1390. The van der Waals surface area contributed by atoms with Crippen molar-refractivity contribution < 1.29 is 19.0 Å². The number of hydrogen-bond acceptors (Lipinski definition) is 4. The van der Waals surface area contributed by atoms with Crippen molar-refractivity contribution in [2.24, 2.45) is 7.05 Å². The maximum atomic E-state index is 14.1. The van der Waals surface area contributed by atoms with E-state index in [9.17, 15) is 4.79 Å². The molecule has 1 amide bonds. The first-order valence-corrected chi connectivity index (χ1v) is 11.8. The van der Waals surface area contributed by atoms with Gasteiger partial charge in [0.1, 0.15) is 5.75 Å². The number of carbonyl (C=O) groups is 1. The van der Waals surface area contributed by atoms with Crippen LogP contribution < -0.4 is 14.2 Å². The molecule has 0 fully saturated rings. The smallest absolute Gasteiger partial charge is 0.256 e. The summed E-state index contributed by atoms with van der Waals surface area (Å²) in [6.07, 6.45) is 3.36. The van der Waals surface area contributed by atoms with E-state index >= 15 is 0 Å². The number of rotatable bonds is 6. The number of amides is 1. The molecule has 0 saturated carbocycles. The van der Waals surface area contributed by atoms with E-state index in [0.29, 0.717) is 24.5 Å². The Balaban J connectivity index is 1.61. The number of nitrogens with zero attached hydrogens (tertiary/aromatic N) is 2. The summed E-state index contributed by atoms with van der Waals surface area (Å²) in [5.74, 6) is 2.22. The van der Waals surface area contributed by atoms with E-state index < -0.39 is 0 Å². The Morgan fingerprint density at radius 3 is 2.49 bits per heavy atom. The number of aromatic nitrogens is 1. The van der Waals surface area contributed by atoms with Crippen molar-refractivity contribution in [2.45, 2.75) is 18.9 Å². The second-order valence-electron chi connectivity index (χ2n) is 8.90. The van der Waals surface area contributed by atoms with E-state index in [1.807, 2.05) is 77.3 Å². The monoisotopic (exact) mass is 470 g/mol. The van der Waals surface area contributed by atoms with Gasteiger partial charge >= 0.3 is 0 Å². The SMILES string of the molecule is COc1cccc(CC2c3cc(OC)c(OC)cc3CCN2C(=O)c2cn(C)c3ccccc23)c1. The van der Waals surface area contributed by atoms with Gasteiger partial charge in [0.25, 0.3) is 5.91 Å². The summed E-state index contributed by atoms with van der Waals surface area (Å²) in [6.45, 7) is 0.624. The molecule has 1 aliphatic rings. The molecule has 0 aliphatic carbocycles. The number of methoxy groups -OCH3 is 3. The molecule has 0 N–H and O–H groups in total. The number of benzene rings is 3. The fraction of sp³-hybridized carbons (Fsp3) is 0.276. The van der Waals surface area contributed by atoms with E-state index in [-0.39, 0.29) is 11.9 Å². The predicted octanol–water partition coefficient (Wildman–Crippen LogP) is 5.19. The van der Waals surface area contributed by atoms with Gasteiger partial charge in [0.2, 0.25) is 0 Å². The second kappa shape index (κ2) is 9.37. The average Bonchev–Trinajstić information content (AvgIpc) is 3.24. The van der Waals surface area contributed by atoms with Gasteiger partial charge in [-0.1, -0.05) is 30.3 Å². The molecule has 0 spiro atoms. The Morgan fingerprint density at radius 2 is 1.71 bits per heavy atom. The van der Waals surface area contributed by atoms with Gasteiger partial charge in [0, 0.05) is 30.7 Å². The first-order valence-electron chi connectivity index (χ1n) is 11.8. The lowest BCUT2D eigenvalue weighted by Gasteiger charge is -2.38. The van der Waals surface area contributed by atoms with Crippen molar-refractivity contribution in [1.29, 1.82) is 0 Å². The van der Waals surface area contributed by atoms with Crippen LogP contribution in [0.2, 0.25) is 0 Å². The van der Waals surface area contributed by atoms with Gasteiger partial charge in [-0.15, -0.1) is 0 Å². The highest BCUT2D eigenvalue weighted by Gasteiger charge is 2.34. The van der Waals surface area contributed by atoms with Gasteiger partial charge in [-0.3, -0.25) is 4.79 Å². The molecule has 2 heterocycles. The number of aryl methyl sites for hydroxylation is 1. The largest absolute Gasteiger partial charge is 0.497 e. The summed E-state index contributed by atoms with van der Waals surface area (Å²) in [6, 6.07) is 20.0. The van der Waals surface area contributed by atoms with Gasteiger partial charge in [-0.05, 0) is 59.9 Å². The quantitative estimate of drug-likeness (QED) is 0.389. The normalized spacial score (nSPS) is 15.1. The minimum atomic E-state index is -0.155. The Hall–Kier alpha value is -3.93. The molecule has 6 nitrogen and oxygen atoms in total. The van der Waals surface area contributed by atoms with Crippen LogP contribution in [0.25, 0.3) is 10.9 Å². The molecule has 0 saturated heterocycles. The molecule has 0 radical (unpaired) electrons. The highest BCUT2D eigenvalue weighted by Crippen LogP contribution is 2.40. The van der Waals surface area contributed by atoms with E-state index in [1.165, 1.54) is 5.56 Å². The molecule has 1 unspecified atom stereocenters. The van der Waals surface area contributed by atoms with Crippen molar-refractivity contribution in [1.82, 2.24) is 9.47 Å². The lowest BCUT2D eigenvalue weighted by atomic mass is 9.87. The van der Waals surface area contributed by atoms with Crippen molar-refractivity contribution in [3.8, 4) is 17.2 Å². The summed E-state index contributed by atoms with van der Waals surface area (Å²) in [7, 11) is 6.94. The molecule has 6 heteroatoms. The van der Waals surface area contributed by atoms with Crippen LogP contribution >= 0.6 is 0 Å². The second-order valence-corrected chi connectivity index (χ2v) is 8.90. The Kier molecular flexibility index (Phi) is 6.12. The lowest BCUT2D eigenvalue weighted by Crippen LogP contribution is -2.41. The fourth-order valence-electron chi connectivity index (χ4n) is 5.18. The highest BCUT2D eigenvalue weighted by molar-refractivity contribution is 6.07. The summed E-state index contributed by atoms with van der Waals surface area (Å²) in [4.78, 5) is 16.1. The van der Waals surface area contributed by atoms with E-state index in [1.54, 1.807) is 21.3 Å². The number of fused-ring (bicyclic) bond motifs is 2. The van der Waals surface area contributed by atoms with Crippen LogP contribution in [0.4, 0.5) is 0 Å². The molecular formula is C29H30N2O4. The first-order chi connectivity index (χ1) is 17.0. The minimum absolute atomic E-state index is 0.0372. The van der Waals surface area contributed by atoms with Gasteiger partial charge in [0.15, 0.2) is 11.5 Å². The molecule has 1 aromatic heterocycles. The van der Waals surface area contributed by atoms with Crippen molar-refractivity contribution >= 4 is 16.8 Å². The van der Waals surface area contributed by atoms with Crippen LogP contribution in [0.3, 0.4) is 0 Å². The van der Waals surface area contributed by atoms with Gasteiger partial charge < -0.3 is 23.7 Å². The van der Waals surface area contributed by atoms with E-state index in [2.05, 4.69) is 6.07 Å². The van der Waals surface area contributed by atoms with Crippen LogP contribution in [0.5, 0.6) is 17.2 Å². The van der Waals surface area contributed by atoms with E-state index in [0.717, 1.165) is 39.8 Å². The van der Waals surface area contributed by atoms with Gasteiger partial charge in [0.05, 0.1) is 32.9 Å². The lowest BCUT2D eigenvalue weighted by molar-refractivity contribution is 0.0661. The molecule has 1 aliphatic heterocycles. The summed E-state index contributed by atoms with van der Waals surface area (Å²) < 4.78 is 18.7. The van der Waals surface area contributed by atoms with Crippen LogP contribution in [0.15, 0.2) is 66.9 Å². The topological polar surface area (TPSA) is 52.9 Å². The minimum Gasteiger partial charge on any atom is -0.497 e. The van der Waals surface area contributed by atoms with Crippen LogP contribution in [0, 0.1) is 0 Å². The summed E-state index contributed by atoms with van der Waals surface area (Å²) in [5.41, 5.74) is 5.14. The fourth-order valence-corrected chi connectivity index (χ4v) is 5.18. The van der Waals surface area contributed by atoms with Crippen LogP contribution in [0.1, 0.15) is 33.1 Å². The number of ether oxygens (including phenoxy) is 3. The van der Waals surface area contributed by atoms with Crippen LogP contribution in [-0.2, 0) is 19.9 Å². The zero-order valence-electron chi connectivity index (χ0n) is 20.6. The molecule has 35 heavy (non-hydrogen) atoms. The van der Waals surface area contributed by atoms with Gasteiger partial charge in [-0.25, -0.2) is 0 Å². The number of hydrogen-bond donors (Lipinski definition) is 0. The van der Waals surface area contributed by atoms with E-state index in [4.69, 9.17) is 14.2 Å². The molecule has 180 valence electrons. The molecule has 4 aromatic rings. The number of para-hydroxylation sites is 1. The standard InChI is InChI=1S/C29H30N2O4/c1-30-18-24(22-10-5-6-11-25(22)30)29(32)31-13-12-20-16-27(34-3)28(35-4)17-23(20)26(31)15-19-8-7-9-21(14-19)33-2/h5-11,14,16-18,26H,12-13,15H2,1-4H3. The maximum Gasteiger partial charge on any atom is 0.256 e.